The number of nitrogens with one attached hydrogen (secondary N) is 2. The molecule has 0 spiro atoms. The minimum absolute atomic E-state index is 0.722. The summed E-state index contributed by atoms with van der Waals surface area (Å²) in [6.45, 7) is 6.14. The molecule has 1 aliphatic rings. The molecule has 4 rings (SSSR count). The van der Waals surface area contributed by atoms with E-state index in [1.165, 1.54) is 11.3 Å². The summed E-state index contributed by atoms with van der Waals surface area (Å²) in [6, 6.07) is 16.8. The Morgan fingerprint density at radius 1 is 1.12 bits per heavy atom. The Balaban J connectivity index is 1.49. The number of nitrogens with zero attached hydrogens (tertiary/aromatic N) is 3. The van der Waals surface area contributed by atoms with Crippen molar-refractivity contribution >= 4 is 11.4 Å². The molecule has 0 amide bonds. The van der Waals surface area contributed by atoms with Crippen molar-refractivity contribution in [2.45, 2.75) is 13.5 Å². The van der Waals surface area contributed by atoms with Crippen molar-refractivity contribution in [1.29, 1.82) is 0 Å². The summed E-state index contributed by atoms with van der Waals surface area (Å²) < 4.78 is 5.48. The van der Waals surface area contributed by atoms with Crippen LogP contribution in [0.25, 0.3) is 11.4 Å². The molecule has 26 heavy (non-hydrogen) atoms. The third kappa shape index (κ3) is 3.70. The summed E-state index contributed by atoms with van der Waals surface area (Å²) in [7, 11) is 0. The van der Waals surface area contributed by atoms with Gasteiger partial charge in [0, 0.05) is 36.6 Å². The molecule has 0 bridgehead atoms. The second-order valence-corrected chi connectivity index (χ2v) is 6.41. The number of rotatable bonds is 5. The van der Waals surface area contributed by atoms with Crippen molar-refractivity contribution in [3.8, 4) is 11.4 Å². The molecule has 1 aliphatic heterocycles. The van der Waals surface area contributed by atoms with Gasteiger partial charge in [0.2, 0.25) is 0 Å². The molecule has 0 aliphatic carbocycles. The lowest BCUT2D eigenvalue weighted by Crippen LogP contribution is -2.36. The van der Waals surface area contributed by atoms with Gasteiger partial charge in [0.25, 0.3) is 0 Å². The highest BCUT2D eigenvalue weighted by molar-refractivity contribution is 5.63. The number of aromatic amines is 1. The summed E-state index contributed by atoms with van der Waals surface area (Å²) in [5, 5.41) is 10.7. The number of H-pyrrole nitrogens is 1. The zero-order valence-electron chi connectivity index (χ0n) is 14.9. The topological polar surface area (TPSA) is 66.1 Å². The van der Waals surface area contributed by atoms with Crippen LogP contribution in [0.4, 0.5) is 11.4 Å². The molecule has 6 nitrogen and oxygen atoms in total. The van der Waals surface area contributed by atoms with Gasteiger partial charge >= 0.3 is 0 Å². The fourth-order valence-corrected chi connectivity index (χ4v) is 3.21. The summed E-state index contributed by atoms with van der Waals surface area (Å²) in [4.78, 5) is 6.80. The molecule has 2 N–H and O–H groups in total. The average Bonchev–Trinajstić information content (AvgIpc) is 3.14. The number of para-hydroxylation sites is 1. The molecular formula is C20H23N5O. The smallest absolute Gasteiger partial charge is 0.181 e. The number of morpholine rings is 1. The zero-order valence-corrected chi connectivity index (χ0v) is 14.9. The molecule has 0 unspecified atom stereocenters. The molecule has 3 aromatic rings. The molecule has 2 heterocycles. The van der Waals surface area contributed by atoms with Gasteiger partial charge in [-0.15, -0.1) is 0 Å². The average molecular weight is 349 g/mol. The monoisotopic (exact) mass is 349 g/mol. The lowest BCUT2D eigenvalue weighted by Gasteiger charge is -2.30. The van der Waals surface area contributed by atoms with Gasteiger partial charge in [-0.25, -0.2) is 4.98 Å². The van der Waals surface area contributed by atoms with Crippen molar-refractivity contribution in [1.82, 2.24) is 15.2 Å². The van der Waals surface area contributed by atoms with Crippen LogP contribution in [0.1, 0.15) is 11.4 Å². The normalized spacial score (nSPS) is 14.4. The van der Waals surface area contributed by atoms with Gasteiger partial charge in [-0.2, -0.15) is 5.10 Å². The Morgan fingerprint density at radius 3 is 2.77 bits per heavy atom. The molecule has 0 saturated carbocycles. The van der Waals surface area contributed by atoms with Gasteiger partial charge in [-0.05, 0) is 30.7 Å². The van der Waals surface area contributed by atoms with Gasteiger partial charge in [0.1, 0.15) is 5.82 Å². The predicted molar refractivity (Wildman–Crippen MR) is 103 cm³/mol. The number of ether oxygens (including phenoxy) is 1. The Labute approximate surface area is 153 Å². The van der Waals surface area contributed by atoms with Crippen molar-refractivity contribution < 1.29 is 4.74 Å². The van der Waals surface area contributed by atoms with Gasteiger partial charge in [0.05, 0.1) is 13.2 Å². The van der Waals surface area contributed by atoms with Crippen LogP contribution in [0.15, 0.2) is 48.5 Å². The molecular weight excluding hydrogens is 326 g/mol. The molecule has 1 fully saturated rings. The third-order valence-electron chi connectivity index (χ3n) is 4.54. The minimum Gasteiger partial charge on any atom is -0.381 e. The largest absolute Gasteiger partial charge is 0.381 e. The van der Waals surface area contributed by atoms with E-state index in [4.69, 9.17) is 4.74 Å². The highest BCUT2D eigenvalue weighted by atomic mass is 16.5. The summed E-state index contributed by atoms with van der Waals surface area (Å²) >= 11 is 0. The van der Waals surface area contributed by atoms with Crippen molar-refractivity contribution in [3.05, 3.63) is 59.9 Å². The second kappa shape index (κ2) is 7.58. The minimum atomic E-state index is 0.722. The van der Waals surface area contributed by atoms with Crippen LogP contribution in [0.5, 0.6) is 0 Å². The maximum absolute atomic E-state index is 5.48. The molecule has 1 saturated heterocycles. The second-order valence-electron chi connectivity index (χ2n) is 6.41. The molecule has 6 heteroatoms. The van der Waals surface area contributed by atoms with Crippen LogP contribution >= 0.6 is 0 Å². The Hall–Kier alpha value is -2.86. The quantitative estimate of drug-likeness (QED) is 0.740. The first-order chi connectivity index (χ1) is 12.8. The lowest BCUT2D eigenvalue weighted by atomic mass is 10.1. The SMILES string of the molecule is Cc1nc(-c2cccc(NCc3ccccc3N3CCOCC3)c2)n[nH]1. The molecule has 0 atom stereocenters. The molecule has 0 radical (unpaired) electrons. The van der Waals surface area contributed by atoms with E-state index in [0.29, 0.717) is 0 Å². The van der Waals surface area contributed by atoms with E-state index in [-0.39, 0.29) is 0 Å². The maximum Gasteiger partial charge on any atom is 0.181 e. The van der Waals surface area contributed by atoms with Crippen LogP contribution < -0.4 is 10.2 Å². The summed E-state index contributed by atoms with van der Waals surface area (Å²) in [5.74, 6) is 1.54. The van der Waals surface area contributed by atoms with E-state index in [2.05, 4.69) is 61.8 Å². The van der Waals surface area contributed by atoms with E-state index < -0.39 is 0 Å². The summed E-state index contributed by atoms with van der Waals surface area (Å²) in [6.07, 6.45) is 0. The molecule has 134 valence electrons. The third-order valence-corrected chi connectivity index (χ3v) is 4.54. The highest BCUT2D eigenvalue weighted by Crippen LogP contribution is 2.24. The first-order valence-corrected chi connectivity index (χ1v) is 8.93. The maximum atomic E-state index is 5.48. The van der Waals surface area contributed by atoms with Crippen LogP contribution in [-0.2, 0) is 11.3 Å². The molecule has 1 aromatic heterocycles. The van der Waals surface area contributed by atoms with Gasteiger partial charge in [-0.1, -0.05) is 30.3 Å². The first-order valence-electron chi connectivity index (χ1n) is 8.93. The standard InChI is InChI=1S/C20H23N5O/c1-15-22-20(24-23-15)16-6-4-7-18(13-16)21-14-17-5-2-3-8-19(17)25-9-11-26-12-10-25/h2-8,13,21H,9-12,14H2,1H3,(H,22,23,24). The number of anilines is 2. The van der Waals surface area contributed by atoms with Gasteiger partial charge in [0.15, 0.2) is 5.82 Å². The van der Waals surface area contributed by atoms with Crippen molar-refractivity contribution in [3.63, 3.8) is 0 Å². The Kier molecular flexibility index (Phi) is 4.84. The Bertz CT molecular complexity index is 870. The fourth-order valence-electron chi connectivity index (χ4n) is 3.21. The number of hydrogen-bond acceptors (Lipinski definition) is 5. The van der Waals surface area contributed by atoms with Gasteiger partial charge < -0.3 is 15.0 Å². The van der Waals surface area contributed by atoms with Crippen molar-refractivity contribution in [2.24, 2.45) is 0 Å². The van der Waals surface area contributed by atoms with Crippen LogP contribution in [0.3, 0.4) is 0 Å². The van der Waals surface area contributed by atoms with E-state index in [9.17, 15) is 0 Å². The van der Waals surface area contributed by atoms with Crippen LogP contribution in [-0.4, -0.2) is 41.5 Å². The summed E-state index contributed by atoms with van der Waals surface area (Å²) in [5.41, 5.74) is 4.63. The number of aromatic nitrogens is 3. The fraction of sp³-hybridized carbons (Fsp3) is 0.300. The number of hydrogen-bond donors (Lipinski definition) is 2. The first kappa shape index (κ1) is 16.6. The van der Waals surface area contributed by atoms with E-state index in [1.54, 1.807) is 0 Å². The number of benzene rings is 2. The van der Waals surface area contributed by atoms with Gasteiger partial charge in [-0.3, -0.25) is 5.10 Å². The highest BCUT2D eigenvalue weighted by Gasteiger charge is 2.14. The molecule has 2 aromatic carbocycles. The Morgan fingerprint density at radius 2 is 1.96 bits per heavy atom. The predicted octanol–water partition coefficient (Wildman–Crippen LogP) is 3.23. The van der Waals surface area contributed by atoms with E-state index in [1.807, 2.05) is 19.1 Å². The van der Waals surface area contributed by atoms with Crippen LogP contribution in [0, 0.1) is 6.92 Å². The van der Waals surface area contributed by atoms with E-state index in [0.717, 1.165) is 55.7 Å². The van der Waals surface area contributed by atoms with Crippen molar-refractivity contribution in [2.75, 3.05) is 36.5 Å². The van der Waals surface area contributed by atoms with Crippen LogP contribution in [0.2, 0.25) is 0 Å². The zero-order chi connectivity index (χ0) is 17.8. The number of aryl methyl sites for hydroxylation is 1. The van der Waals surface area contributed by atoms with E-state index >= 15 is 0 Å². The lowest BCUT2D eigenvalue weighted by molar-refractivity contribution is 0.122.